The summed E-state index contributed by atoms with van der Waals surface area (Å²) in [6.45, 7) is 0. The lowest BCUT2D eigenvalue weighted by Gasteiger charge is -2.01. The Morgan fingerprint density at radius 2 is 1.12 bits per heavy atom. The van der Waals surface area contributed by atoms with E-state index >= 15 is 0 Å². The molecule has 0 bridgehead atoms. The van der Waals surface area contributed by atoms with Crippen molar-refractivity contribution in [1.82, 2.24) is 10.9 Å². The topological polar surface area (TPSA) is 123 Å². The Morgan fingerprint density at radius 3 is 1.50 bits per heavy atom. The quantitative estimate of drug-likeness (QED) is 0.487. The van der Waals surface area contributed by atoms with Crippen LogP contribution >= 0.6 is 0 Å². The molecule has 2 rings (SSSR count). The summed E-state index contributed by atoms with van der Waals surface area (Å²) in [7, 11) is 0. The average molecular weight is 326 g/mol. The van der Waals surface area contributed by atoms with Crippen molar-refractivity contribution in [2.45, 2.75) is 0 Å². The molecule has 2 aromatic carbocycles. The maximum absolute atomic E-state index is 11.7. The molecule has 122 valence electrons. The van der Waals surface area contributed by atoms with Gasteiger partial charge in [0.2, 0.25) is 0 Å². The minimum Gasteiger partial charge on any atom is -0.507 e. The molecule has 0 saturated carbocycles. The lowest BCUT2D eigenvalue weighted by atomic mass is 10.2. The number of aromatic hydroxyl groups is 2. The minimum atomic E-state index is -0.587. The number of nitrogens with zero attached hydrogens (tertiary/aromatic N) is 2. The van der Waals surface area contributed by atoms with Crippen LogP contribution in [0, 0.1) is 0 Å². The highest BCUT2D eigenvalue weighted by Crippen LogP contribution is 2.15. The first-order valence-electron chi connectivity index (χ1n) is 6.81. The Bertz CT molecular complexity index is 735. The van der Waals surface area contributed by atoms with Crippen molar-refractivity contribution >= 4 is 24.2 Å². The molecular weight excluding hydrogens is 312 g/mol. The predicted molar refractivity (Wildman–Crippen MR) is 88.1 cm³/mol. The monoisotopic (exact) mass is 326 g/mol. The van der Waals surface area contributed by atoms with Gasteiger partial charge in [-0.15, -0.1) is 0 Å². The van der Waals surface area contributed by atoms with Gasteiger partial charge in [0.25, 0.3) is 11.8 Å². The van der Waals surface area contributed by atoms with E-state index in [1.165, 1.54) is 24.3 Å². The molecule has 8 heteroatoms. The van der Waals surface area contributed by atoms with Gasteiger partial charge >= 0.3 is 0 Å². The van der Waals surface area contributed by atoms with E-state index in [4.69, 9.17) is 0 Å². The summed E-state index contributed by atoms with van der Waals surface area (Å²) >= 11 is 0. The van der Waals surface area contributed by atoms with Crippen LogP contribution in [0.1, 0.15) is 20.7 Å². The molecule has 0 aliphatic rings. The van der Waals surface area contributed by atoms with E-state index in [2.05, 4.69) is 21.1 Å². The van der Waals surface area contributed by atoms with Crippen LogP contribution in [0.4, 0.5) is 0 Å². The molecule has 0 atom stereocenters. The maximum Gasteiger partial charge on any atom is 0.275 e. The third-order valence-electron chi connectivity index (χ3n) is 2.85. The van der Waals surface area contributed by atoms with Gasteiger partial charge in [-0.05, 0) is 24.3 Å². The van der Waals surface area contributed by atoms with Crippen molar-refractivity contribution in [2.75, 3.05) is 0 Å². The molecule has 0 unspecified atom stereocenters. The van der Waals surface area contributed by atoms with Crippen LogP contribution in [-0.2, 0) is 0 Å². The van der Waals surface area contributed by atoms with Crippen molar-refractivity contribution < 1.29 is 19.8 Å². The first kappa shape index (κ1) is 16.7. The predicted octanol–water partition coefficient (Wildman–Crippen LogP) is 1.23. The molecule has 2 aromatic rings. The summed E-state index contributed by atoms with van der Waals surface area (Å²) in [5, 5.41) is 26.2. The van der Waals surface area contributed by atoms with Crippen LogP contribution in [0.3, 0.4) is 0 Å². The second-order valence-electron chi connectivity index (χ2n) is 4.47. The summed E-state index contributed by atoms with van der Waals surface area (Å²) in [5.41, 5.74) is 4.56. The van der Waals surface area contributed by atoms with Crippen molar-refractivity contribution in [3.05, 3.63) is 59.7 Å². The van der Waals surface area contributed by atoms with E-state index in [0.717, 1.165) is 12.4 Å². The zero-order valence-corrected chi connectivity index (χ0v) is 12.4. The average Bonchev–Trinajstić information content (AvgIpc) is 2.58. The first-order chi connectivity index (χ1) is 11.6. The minimum absolute atomic E-state index is 0.0828. The highest BCUT2D eigenvalue weighted by atomic mass is 16.3. The smallest absolute Gasteiger partial charge is 0.275 e. The van der Waals surface area contributed by atoms with Gasteiger partial charge in [-0.1, -0.05) is 24.3 Å². The van der Waals surface area contributed by atoms with Crippen LogP contribution in [-0.4, -0.2) is 34.5 Å². The van der Waals surface area contributed by atoms with Gasteiger partial charge in [-0.25, -0.2) is 10.9 Å². The Kier molecular flexibility index (Phi) is 5.62. The van der Waals surface area contributed by atoms with Crippen molar-refractivity contribution in [2.24, 2.45) is 10.2 Å². The summed E-state index contributed by atoms with van der Waals surface area (Å²) in [5.74, 6) is -1.49. The van der Waals surface area contributed by atoms with E-state index in [9.17, 15) is 19.8 Å². The number of rotatable bonds is 5. The second kappa shape index (κ2) is 8.08. The van der Waals surface area contributed by atoms with Crippen molar-refractivity contribution in [3.8, 4) is 11.5 Å². The zero-order valence-electron chi connectivity index (χ0n) is 12.4. The number of phenolic OH excluding ortho intramolecular Hbond substituents is 2. The van der Waals surface area contributed by atoms with Gasteiger partial charge in [-0.2, -0.15) is 10.2 Å². The summed E-state index contributed by atoms with van der Waals surface area (Å²) in [4.78, 5) is 23.4. The van der Waals surface area contributed by atoms with Gasteiger partial charge in [0.05, 0.1) is 23.6 Å². The highest BCUT2D eigenvalue weighted by Gasteiger charge is 2.09. The molecule has 8 nitrogen and oxygen atoms in total. The molecule has 2 amide bonds. The molecule has 24 heavy (non-hydrogen) atoms. The van der Waals surface area contributed by atoms with Gasteiger partial charge in [0.15, 0.2) is 0 Å². The number of hydrogen-bond acceptors (Lipinski definition) is 6. The van der Waals surface area contributed by atoms with Gasteiger partial charge in [0.1, 0.15) is 11.5 Å². The van der Waals surface area contributed by atoms with Crippen LogP contribution in [0.2, 0.25) is 0 Å². The standard InChI is InChI=1S/C16H14N4O4/c21-13-7-3-1-5-11(13)15(23)19-17-9-10-18-20-16(24)12-6-2-4-8-14(12)22/h1-10,21-22H,(H,19,23)(H,20,24). The third-order valence-corrected chi connectivity index (χ3v) is 2.85. The molecule has 0 aliphatic heterocycles. The number of hydrogen-bond donors (Lipinski definition) is 4. The van der Waals surface area contributed by atoms with E-state index in [1.807, 2.05) is 0 Å². The Hall–Kier alpha value is -3.68. The lowest BCUT2D eigenvalue weighted by Crippen LogP contribution is -2.19. The molecule has 4 N–H and O–H groups in total. The number of nitrogens with one attached hydrogen (secondary N) is 2. The molecule has 0 spiro atoms. The normalized spacial score (nSPS) is 10.8. The molecular formula is C16H14N4O4. The van der Waals surface area contributed by atoms with Gasteiger partial charge < -0.3 is 10.2 Å². The zero-order chi connectivity index (χ0) is 17.4. The fourth-order valence-electron chi connectivity index (χ4n) is 1.71. The maximum atomic E-state index is 11.7. The number of amides is 2. The second-order valence-corrected chi connectivity index (χ2v) is 4.47. The summed E-state index contributed by atoms with van der Waals surface area (Å²) < 4.78 is 0. The fraction of sp³-hybridized carbons (Fsp3) is 0. The Labute approximate surface area is 137 Å². The molecule has 0 radical (unpaired) electrons. The first-order valence-corrected chi connectivity index (χ1v) is 6.81. The number of hydrazone groups is 2. The number of para-hydroxylation sites is 2. The van der Waals surface area contributed by atoms with E-state index in [1.54, 1.807) is 24.3 Å². The summed E-state index contributed by atoms with van der Waals surface area (Å²) in [6, 6.07) is 12.1. The van der Waals surface area contributed by atoms with Gasteiger partial charge in [0, 0.05) is 0 Å². The fourth-order valence-corrected chi connectivity index (χ4v) is 1.71. The molecule has 0 aromatic heterocycles. The third kappa shape index (κ3) is 4.41. The lowest BCUT2D eigenvalue weighted by molar-refractivity contribution is 0.0943. The van der Waals surface area contributed by atoms with Crippen molar-refractivity contribution in [3.63, 3.8) is 0 Å². The van der Waals surface area contributed by atoms with Crippen LogP contribution in [0.25, 0.3) is 0 Å². The van der Waals surface area contributed by atoms with Gasteiger partial charge in [-0.3, -0.25) is 9.59 Å². The highest BCUT2D eigenvalue weighted by molar-refractivity contribution is 6.16. The van der Waals surface area contributed by atoms with Crippen molar-refractivity contribution in [1.29, 1.82) is 0 Å². The SMILES string of the molecule is O=C(NN=CC=NNC(=O)c1ccccc1O)c1ccccc1O. The number of carbonyl (C=O) groups is 2. The molecule has 0 fully saturated rings. The number of phenols is 2. The van der Waals surface area contributed by atoms with E-state index < -0.39 is 11.8 Å². The number of benzene rings is 2. The molecule has 0 heterocycles. The largest absolute Gasteiger partial charge is 0.507 e. The van der Waals surface area contributed by atoms with E-state index in [-0.39, 0.29) is 22.6 Å². The summed E-state index contributed by atoms with van der Waals surface area (Å²) in [6.07, 6.45) is 2.28. The van der Waals surface area contributed by atoms with E-state index in [0.29, 0.717) is 0 Å². The van der Waals surface area contributed by atoms with Crippen LogP contribution < -0.4 is 10.9 Å². The molecule has 0 aliphatic carbocycles. The Balaban J connectivity index is 1.83. The number of carbonyl (C=O) groups excluding carboxylic acids is 2. The molecule has 0 saturated heterocycles. The van der Waals surface area contributed by atoms with Crippen LogP contribution in [0.15, 0.2) is 58.7 Å². The Morgan fingerprint density at radius 1 is 0.750 bits per heavy atom. The van der Waals surface area contributed by atoms with Crippen LogP contribution in [0.5, 0.6) is 11.5 Å².